The van der Waals surface area contributed by atoms with E-state index in [1.165, 1.54) is 0 Å². The third kappa shape index (κ3) is 2.85. The zero-order valence-electron chi connectivity index (χ0n) is 11.9. The van der Waals surface area contributed by atoms with Crippen LogP contribution in [0.4, 0.5) is 0 Å². The normalized spacial score (nSPS) is 26.9. The lowest BCUT2D eigenvalue weighted by Crippen LogP contribution is -2.54. The second kappa shape index (κ2) is 5.41. The zero-order valence-corrected chi connectivity index (χ0v) is 12.7. The van der Waals surface area contributed by atoms with E-state index in [1.54, 1.807) is 0 Å². The molecule has 2 heterocycles. The van der Waals surface area contributed by atoms with Gasteiger partial charge in [-0.3, -0.25) is 4.79 Å². The van der Waals surface area contributed by atoms with Crippen molar-refractivity contribution in [1.29, 1.82) is 0 Å². The van der Waals surface area contributed by atoms with Crippen LogP contribution < -0.4 is 5.32 Å². The van der Waals surface area contributed by atoms with E-state index in [-0.39, 0.29) is 10.2 Å². The monoisotopic (exact) mass is 270 g/mol. The maximum atomic E-state index is 12.9. The summed E-state index contributed by atoms with van der Waals surface area (Å²) in [6.07, 6.45) is 3.00. The minimum Gasteiger partial charge on any atom is -0.340 e. The van der Waals surface area contributed by atoms with Crippen LogP contribution in [0.1, 0.15) is 40.0 Å². The Hall–Kier alpha value is -0.220. The van der Waals surface area contributed by atoms with Crippen LogP contribution in [0.15, 0.2) is 0 Å². The van der Waals surface area contributed by atoms with Gasteiger partial charge < -0.3 is 10.2 Å². The van der Waals surface area contributed by atoms with Gasteiger partial charge in [0.1, 0.15) is 0 Å². The highest BCUT2D eigenvalue weighted by Gasteiger charge is 2.42. The Morgan fingerprint density at radius 3 is 2.56 bits per heavy atom. The molecule has 0 atom stereocenters. The van der Waals surface area contributed by atoms with Crippen molar-refractivity contribution in [3.8, 4) is 0 Å². The molecule has 2 aliphatic heterocycles. The van der Waals surface area contributed by atoms with Gasteiger partial charge >= 0.3 is 0 Å². The predicted molar refractivity (Wildman–Crippen MR) is 77.9 cm³/mol. The van der Waals surface area contributed by atoms with Crippen LogP contribution in [0.5, 0.6) is 0 Å². The molecule has 2 rings (SSSR count). The Kier molecular flexibility index (Phi) is 4.27. The fraction of sp³-hybridized carbons (Fsp3) is 0.929. The van der Waals surface area contributed by atoms with E-state index in [4.69, 9.17) is 0 Å². The van der Waals surface area contributed by atoms with Gasteiger partial charge in [-0.25, -0.2) is 0 Å². The quantitative estimate of drug-likeness (QED) is 0.834. The van der Waals surface area contributed by atoms with Gasteiger partial charge in [0.2, 0.25) is 5.91 Å². The van der Waals surface area contributed by atoms with Crippen LogP contribution in [0.2, 0.25) is 0 Å². The van der Waals surface area contributed by atoms with Crippen molar-refractivity contribution in [3.05, 3.63) is 0 Å². The molecular weight excluding hydrogens is 244 g/mol. The van der Waals surface area contributed by atoms with Crippen LogP contribution in [-0.4, -0.2) is 47.5 Å². The number of carbonyl (C=O) groups is 1. The lowest BCUT2D eigenvalue weighted by Gasteiger charge is -2.44. The molecule has 2 fully saturated rings. The maximum absolute atomic E-state index is 12.9. The fourth-order valence-corrected chi connectivity index (χ4v) is 4.26. The highest BCUT2D eigenvalue weighted by Crippen LogP contribution is 2.37. The minimum atomic E-state index is -0.0800. The first-order valence-electron chi connectivity index (χ1n) is 7.13. The van der Waals surface area contributed by atoms with E-state index in [2.05, 4.69) is 31.0 Å². The molecule has 0 spiro atoms. The standard InChI is InChI=1S/C14H26N2OS/c1-4-14(5-7-15-8-6-14)12(17)16-9-10-18-13(2,3)11-16/h15H,4-11H2,1-3H3. The SMILES string of the molecule is CCC1(C(=O)N2CCSC(C)(C)C2)CCNCC1. The molecule has 1 N–H and O–H groups in total. The predicted octanol–water partition coefficient (Wildman–Crippen LogP) is 2.12. The van der Waals surface area contributed by atoms with Crippen molar-refractivity contribution in [1.82, 2.24) is 10.2 Å². The largest absolute Gasteiger partial charge is 0.340 e. The van der Waals surface area contributed by atoms with Gasteiger partial charge in [-0.05, 0) is 46.2 Å². The molecule has 104 valence electrons. The van der Waals surface area contributed by atoms with Gasteiger partial charge in [0, 0.05) is 23.6 Å². The van der Waals surface area contributed by atoms with Crippen molar-refractivity contribution < 1.29 is 4.79 Å². The second-order valence-corrected chi connectivity index (χ2v) is 8.02. The average molecular weight is 270 g/mol. The molecule has 0 unspecified atom stereocenters. The first-order chi connectivity index (χ1) is 8.49. The first kappa shape index (κ1) is 14.2. The van der Waals surface area contributed by atoms with Crippen molar-refractivity contribution in [3.63, 3.8) is 0 Å². The molecule has 1 amide bonds. The topological polar surface area (TPSA) is 32.3 Å². The summed E-state index contributed by atoms with van der Waals surface area (Å²) in [6.45, 7) is 10.5. The lowest BCUT2D eigenvalue weighted by molar-refractivity contribution is -0.144. The molecule has 0 aliphatic carbocycles. The molecule has 0 aromatic rings. The Morgan fingerprint density at radius 2 is 2.00 bits per heavy atom. The van der Waals surface area contributed by atoms with Gasteiger partial charge in [0.15, 0.2) is 0 Å². The fourth-order valence-electron chi connectivity index (χ4n) is 3.15. The molecule has 2 saturated heterocycles. The van der Waals surface area contributed by atoms with Crippen molar-refractivity contribution in [2.24, 2.45) is 5.41 Å². The highest BCUT2D eigenvalue weighted by molar-refractivity contribution is 8.00. The molecule has 0 saturated carbocycles. The van der Waals surface area contributed by atoms with Crippen molar-refractivity contribution in [2.45, 2.75) is 44.8 Å². The molecule has 18 heavy (non-hydrogen) atoms. The molecule has 0 aromatic heterocycles. The van der Waals surface area contributed by atoms with E-state index in [0.717, 1.165) is 51.2 Å². The van der Waals surface area contributed by atoms with E-state index in [9.17, 15) is 4.79 Å². The molecule has 0 radical (unpaired) electrons. The summed E-state index contributed by atoms with van der Waals surface area (Å²) in [5.41, 5.74) is -0.0800. The summed E-state index contributed by atoms with van der Waals surface area (Å²) in [5.74, 6) is 1.50. The van der Waals surface area contributed by atoms with Gasteiger partial charge in [-0.2, -0.15) is 11.8 Å². The molecular formula is C14H26N2OS. The van der Waals surface area contributed by atoms with Crippen LogP contribution >= 0.6 is 11.8 Å². The van der Waals surface area contributed by atoms with Crippen LogP contribution in [0.3, 0.4) is 0 Å². The summed E-state index contributed by atoms with van der Waals surface area (Å²) >= 11 is 1.99. The summed E-state index contributed by atoms with van der Waals surface area (Å²) in [7, 11) is 0. The molecule has 2 aliphatic rings. The number of carbonyl (C=O) groups excluding carboxylic acids is 1. The minimum absolute atomic E-state index is 0.0800. The molecule has 0 bridgehead atoms. The van der Waals surface area contributed by atoms with E-state index in [1.807, 2.05) is 11.8 Å². The van der Waals surface area contributed by atoms with Crippen molar-refractivity contribution in [2.75, 3.05) is 31.9 Å². The van der Waals surface area contributed by atoms with E-state index < -0.39 is 0 Å². The first-order valence-corrected chi connectivity index (χ1v) is 8.12. The summed E-state index contributed by atoms with van der Waals surface area (Å²) in [5, 5.41) is 3.37. The number of hydrogen-bond acceptors (Lipinski definition) is 3. The maximum Gasteiger partial charge on any atom is 0.228 e. The zero-order chi connectivity index (χ0) is 13.2. The number of rotatable bonds is 2. The van der Waals surface area contributed by atoms with Crippen LogP contribution in [0.25, 0.3) is 0 Å². The number of nitrogens with zero attached hydrogens (tertiary/aromatic N) is 1. The Balaban J connectivity index is 2.09. The molecule has 4 heteroatoms. The third-order valence-electron chi connectivity index (χ3n) is 4.40. The number of amides is 1. The summed E-state index contributed by atoms with van der Waals surface area (Å²) in [4.78, 5) is 15.0. The third-order valence-corrected chi connectivity index (χ3v) is 5.70. The van der Waals surface area contributed by atoms with Gasteiger partial charge in [0.25, 0.3) is 0 Å². The Bertz CT molecular complexity index is 311. The highest BCUT2D eigenvalue weighted by atomic mass is 32.2. The Morgan fingerprint density at radius 1 is 1.33 bits per heavy atom. The van der Waals surface area contributed by atoms with Crippen LogP contribution in [-0.2, 0) is 4.79 Å². The van der Waals surface area contributed by atoms with Gasteiger partial charge in [0.05, 0.1) is 5.41 Å². The lowest BCUT2D eigenvalue weighted by atomic mass is 9.75. The molecule has 3 nitrogen and oxygen atoms in total. The summed E-state index contributed by atoms with van der Waals surface area (Å²) < 4.78 is 0.218. The molecule has 0 aromatic carbocycles. The number of piperidine rings is 1. The summed E-state index contributed by atoms with van der Waals surface area (Å²) in [6, 6.07) is 0. The second-order valence-electron chi connectivity index (χ2n) is 6.22. The Labute approximate surface area is 115 Å². The average Bonchev–Trinajstić information content (AvgIpc) is 2.37. The number of thioether (sulfide) groups is 1. The number of nitrogens with one attached hydrogen (secondary N) is 1. The van der Waals surface area contributed by atoms with Gasteiger partial charge in [-0.15, -0.1) is 0 Å². The van der Waals surface area contributed by atoms with E-state index in [0.29, 0.717) is 5.91 Å². The van der Waals surface area contributed by atoms with Crippen molar-refractivity contribution >= 4 is 17.7 Å². The van der Waals surface area contributed by atoms with E-state index >= 15 is 0 Å². The smallest absolute Gasteiger partial charge is 0.228 e. The van der Waals surface area contributed by atoms with Gasteiger partial charge in [-0.1, -0.05) is 6.92 Å². The number of hydrogen-bond donors (Lipinski definition) is 1. The van der Waals surface area contributed by atoms with Crippen LogP contribution in [0, 0.1) is 5.41 Å².